The number of amides is 1. The van der Waals surface area contributed by atoms with E-state index >= 15 is 0 Å². The maximum absolute atomic E-state index is 12.5. The van der Waals surface area contributed by atoms with Crippen LogP contribution >= 0.6 is 11.3 Å². The van der Waals surface area contributed by atoms with Gasteiger partial charge in [-0.15, -0.1) is 11.3 Å². The molecule has 0 spiro atoms. The van der Waals surface area contributed by atoms with Gasteiger partial charge in [-0.1, -0.05) is 48.5 Å². The largest absolute Gasteiger partial charge is 0.480 e. The van der Waals surface area contributed by atoms with E-state index in [1.54, 1.807) is 0 Å². The van der Waals surface area contributed by atoms with Crippen molar-refractivity contribution in [2.75, 3.05) is 6.61 Å². The van der Waals surface area contributed by atoms with Crippen LogP contribution in [0.3, 0.4) is 0 Å². The predicted octanol–water partition coefficient (Wildman–Crippen LogP) is 4.24. The Kier molecular flexibility index (Phi) is 5.14. The van der Waals surface area contributed by atoms with Crippen LogP contribution in [0.15, 0.2) is 60.1 Å². The van der Waals surface area contributed by atoms with E-state index in [0.29, 0.717) is 0 Å². The molecule has 2 aromatic heterocycles. The van der Waals surface area contributed by atoms with Crippen molar-refractivity contribution in [2.45, 2.75) is 25.3 Å². The summed E-state index contributed by atoms with van der Waals surface area (Å²) in [5.74, 6) is -1.21. The van der Waals surface area contributed by atoms with Gasteiger partial charge in [0, 0.05) is 29.6 Å². The second kappa shape index (κ2) is 8.12. The molecular formula is C24H21N3O4S. The molecule has 0 bridgehead atoms. The van der Waals surface area contributed by atoms with E-state index in [0.717, 1.165) is 38.6 Å². The van der Waals surface area contributed by atoms with Crippen LogP contribution < -0.4 is 5.32 Å². The molecule has 5 rings (SSSR count). The van der Waals surface area contributed by atoms with Gasteiger partial charge in [-0.2, -0.15) is 0 Å². The van der Waals surface area contributed by atoms with Gasteiger partial charge < -0.3 is 15.2 Å². The van der Waals surface area contributed by atoms with E-state index in [1.807, 2.05) is 59.3 Å². The third-order valence-corrected chi connectivity index (χ3v) is 6.65. The highest BCUT2D eigenvalue weighted by Gasteiger charge is 2.30. The molecule has 4 aromatic rings. The molecule has 0 saturated carbocycles. The summed E-state index contributed by atoms with van der Waals surface area (Å²) in [5, 5.41) is 14.1. The topological polar surface area (TPSA) is 92.9 Å². The van der Waals surface area contributed by atoms with Crippen molar-refractivity contribution >= 4 is 28.4 Å². The number of benzene rings is 2. The van der Waals surface area contributed by atoms with Crippen LogP contribution in [0.2, 0.25) is 0 Å². The van der Waals surface area contributed by atoms with Gasteiger partial charge in [0.05, 0.1) is 5.69 Å². The van der Waals surface area contributed by atoms with Gasteiger partial charge >= 0.3 is 12.1 Å². The highest BCUT2D eigenvalue weighted by molar-refractivity contribution is 7.15. The zero-order chi connectivity index (χ0) is 22.2. The summed E-state index contributed by atoms with van der Waals surface area (Å²) in [4.78, 5) is 29.6. The smallest absolute Gasteiger partial charge is 0.407 e. The number of alkyl carbamates (subject to hydrolysis) is 1. The first-order chi connectivity index (χ1) is 15.5. The van der Waals surface area contributed by atoms with Gasteiger partial charge in [-0.05, 0) is 29.2 Å². The third-order valence-electron chi connectivity index (χ3n) is 5.89. The Hall–Kier alpha value is -3.65. The highest BCUT2D eigenvalue weighted by Crippen LogP contribution is 2.44. The lowest BCUT2D eigenvalue weighted by Gasteiger charge is -2.17. The Bertz CT molecular complexity index is 1280. The fourth-order valence-electron chi connectivity index (χ4n) is 4.36. The van der Waals surface area contributed by atoms with Gasteiger partial charge in [-0.3, -0.25) is 4.40 Å². The van der Waals surface area contributed by atoms with Crippen LogP contribution in [0, 0.1) is 6.92 Å². The average Bonchev–Trinajstić information content (AvgIpc) is 3.44. The molecule has 7 nitrogen and oxygen atoms in total. The Morgan fingerprint density at radius 2 is 1.81 bits per heavy atom. The molecule has 2 heterocycles. The number of carbonyl (C=O) groups is 2. The predicted molar refractivity (Wildman–Crippen MR) is 121 cm³/mol. The van der Waals surface area contributed by atoms with Gasteiger partial charge in [-0.25, -0.2) is 14.6 Å². The number of rotatable bonds is 6. The number of nitrogens with zero attached hydrogens (tertiary/aromatic N) is 2. The van der Waals surface area contributed by atoms with Crippen molar-refractivity contribution in [2.24, 2.45) is 0 Å². The Labute approximate surface area is 188 Å². The minimum Gasteiger partial charge on any atom is -0.480 e. The van der Waals surface area contributed by atoms with Crippen molar-refractivity contribution in [3.63, 3.8) is 0 Å². The zero-order valence-electron chi connectivity index (χ0n) is 17.3. The van der Waals surface area contributed by atoms with E-state index in [-0.39, 0.29) is 18.9 Å². The van der Waals surface area contributed by atoms with Crippen LogP contribution in [0.25, 0.3) is 16.1 Å². The summed E-state index contributed by atoms with van der Waals surface area (Å²) in [5.41, 5.74) is 5.98. The van der Waals surface area contributed by atoms with Gasteiger partial charge in [0.25, 0.3) is 0 Å². The number of aromatic nitrogens is 2. The Morgan fingerprint density at radius 1 is 1.16 bits per heavy atom. The summed E-state index contributed by atoms with van der Waals surface area (Å²) in [6.45, 7) is 1.97. The normalized spacial score (nSPS) is 13.5. The SMILES string of the molecule is Cc1nc2sccn2c1CC(NC(=O)OCC1c2ccccc2-c2ccccc21)C(=O)O. The fourth-order valence-corrected chi connectivity index (χ4v) is 5.14. The molecule has 0 radical (unpaired) electrons. The highest BCUT2D eigenvalue weighted by atomic mass is 32.1. The summed E-state index contributed by atoms with van der Waals surface area (Å²) in [6.07, 6.45) is 1.22. The third kappa shape index (κ3) is 3.52. The molecule has 1 unspecified atom stereocenters. The van der Waals surface area contributed by atoms with Crippen molar-refractivity contribution < 1.29 is 19.4 Å². The molecular weight excluding hydrogens is 426 g/mol. The van der Waals surface area contributed by atoms with Crippen molar-refractivity contribution in [1.29, 1.82) is 0 Å². The number of aryl methyl sites for hydroxylation is 1. The molecule has 2 aromatic carbocycles. The molecule has 0 saturated heterocycles. The molecule has 162 valence electrons. The number of thiazole rings is 1. The Morgan fingerprint density at radius 3 is 2.47 bits per heavy atom. The van der Waals surface area contributed by atoms with E-state index < -0.39 is 18.1 Å². The number of fused-ring (bicyclic) bond motifs is 4. The first kappa shape index (κ1) is 20.3. The van der Waals surface area contributed by atoms with Gasteiger partial charge in [0.1, 0.15) is 12.6 Å². The molecule has 1 aliphatic rings. The monoisotopic (exact) mass is 447 g/mol. The molecule has 0 fully saturated rings. The van der Waals surface area contributed by atoms with Crippen molar-refractivity contribution in [1.82, 2.24) is 14.7 Å². The molecule has 1 atom stereocenters. The lowest BCUT2D eigenvalue weighted by Crippen LogP contribution is -2.43. The minimum absolute atomic E-state index is 0.0843. The number of hydrogen-bond donors (Lipinski definition) is 2. The zero-order valence-corrected chi connectivity index (χ0v) is 18.1. The number of hydrogen-bond acceptors (Lipinski definition) is 5. The number of aliphatic carboxylic acids is 1. The maximum atomic E-state index is 12.5. The Balaban J connectivity index is 1.29. The molecule has 0 aliphatic heterocycles. The van der Waals surface area contributed by atoms with Gasteiger partial charge in [0.15, 0.2) is 4.96 Å². The summed E-state index contributed by atoms with van der Waals surface area (Å²) >= 11 is 1.48. The van der Waals surface area contributed by atoms with Crippen LogP contribution in [0.1, 0.15) is 28.4 Å². The number of carboxylic acid groups (broad SMARTS) is 1. The molecule has 8 heteroatoms. The molecule has 2 N–H and O–H groups in total. The standard InChI is InChI=1S/C24H21N3O4S/c1-14-21(27-10-11-32-23(27)25-14)12-20(22(28)29)26-24(30)31-13-19-17-8-4-2-6-15(17)16-7-3-5-9-18(16)19/h2-11,19-20H,12-13H2,1H3,(H,26,30)(H,28,29). The van der Waals surface area contributed by atoms with E-state index in [2.05, 4.69) is 22.4 Å². The average molecular weight is 448 g/mol. The first-order valence-corrected chi connectivity index (χ1v) is 11.2. The fraction of sp³-hybridized carbons (Fsp3) is 0.208. The lowest BCUT2D eigenvalue weighted by atomic mass is 9.98. The van der Waals surface area contributed by atoms with Crippen LogP contribution in [-0.4, -0.2) is 39.2 Å². The van der Waals surface area contributed by atoms with E-state index in [1.165, 1.54) is 11.3 Å². The summed E-state index contributed by atoms with van der Waals surface area (Å²) < 4.78 is 7.36. The van der Waals surface area contributed by atoms with E-state index in [9.17, 15) is 14.7 Å². The van der Waals surface area contributed by atoms with Crippen LogP contribution in [0.4, 0.5) is 4.79 Å². The number of carbonyl (C=O) groups excluding carboxylic acids is 1. The second-order valence-corrected chi connectivity index (χ2v) is 8.64. The summed E-state index contributed by atoms with van der Waals surface area (Å²) in [6, 6.07) is 15.0. The number of nitrogens with one attached hydrogen (secondary N) is 1. The number of carboxylic acids is 1. The number of imidazole rings is 1. The summed E-state index contributed by atoms with van der Waals surface area (Å²) in [7, 11) is 0. The minimum atomic E-state index is -1.12. The quantitative estimate of drug-likeness (QED) is 0.461. The second-order valence-electron chi connectivity index (χ2n) is 7.76. The van der Waals surface area contributed by atoms with Gasteiger partial charge in [0.2, 0.25) is 0 Å². The van der Waals surface area contributed by atoms with Crippen molar-refractivity contribution in [3.05, 3.63) is 82.6 Å². The first-order valence-electron chi connectivity index (χ1n) is 10.3. The van der Waals surface area contributed by atoms with Crippen molar-refractivity contribution in [3.8, 4) is 11.1 Å². The maximum Gasteiger partial charge on any atom is 0.407 e. The molecule has 1 amide bonds. The van der Waals surface area contributed by atoms with Crippen LogP contribution in [0.5, 0.6) is 0 Å². The van der Waals surface area contributed by atoms with Crippen LogP contribution in [-0.2, 0) is 16.0 Å². The number of ether oxygens (including phenoxy) is 1. The van der Waals surface area contributed by atoms with E-state index in [4.69, 9.17) is 4.74 Å². The molecule has 1 aliphatic carbocycles. The lowest BCUT2D eigenvalue weighted by molar-refractivity contribution is -0.139. The molecule has 32 heavy (non-hydrogen) atoms.